The molecule has 7 nitrogen and oxygen atoms in total. The van der Waals surface area contributed by atoms with Crippen LogP contribution in [0.2, 0.25) is 0 Å². The van der Waals surface area contributed by atoms with Gasteiger partial charge in [-0.25, -0.2) is 0 Å². The average molecular weight is 351 g/mol. The predicted octanol–water partition coefficient (Wildman–Crippen LogP) is 2.71. The minimum absolute atomic E-state index is 0.197. The molecule has 1 heterocycles. The summed E-state index contributed by atoms with van der Waals surface area (Å²) in [7, 11) is 2.99. The molecule has 24 heavy (non-hydrogen) atoms. The Bertz CT molecular complexity index is 672. The van der Waals surface area contributed by atoms with Crippen LogP contribution in [-0.4, -0.2) is 40.7 Å². The van der Waals surface area contributed by atoms with E-state index in [4.69, 9.17) is 9.47 Å². The molecule has 1 atom stereocenters. The Kier molecular flexibility index (Phi) is 6.48. The molecule has 8 heteroatoms. The van der Waals surface area contributed by atoms with Crippen LogP contribution in [0, 0.1) is 0 Å². The third-order valence-electron chi connectivity index (χ3n) is 3.34. The van der Waals surface area contributed by atoms with Gasteiger partial charge in [-0.2, -0.15) is 0 Å². The lowest BCUT2D eigenvalue weighted by Crippen LogP contribution is -2.12. The number of methoxy groups -OCH3 is 2. The van der Waals surface area contributed by atoms with Crippen LogP contribution in [-0.2, 0) is 16.1 Å². The Labute approximate surface area is 145 Å². The van der Waals surface area contributed by atoms with E-state index >= 15 is 0 Å². The first-order chi connectivity index (χ1) is 11.6. The fourth-order valence-corrected chi connectivity index (χ4v) is 2.94. The fourth-order valence-electron chi connectivity index (χ4n) is 2.10. The smallest absolute Gasteiger partial charge is 0.316 e. The number of hydrogen-bond donors (Lipinski definition) is 0. The highest BCUT2D eigenvalue weighted by Crippen LogP contribution is 2.25. The van der Waals surface area contributed by atoms with Gasteiger partial charge >= 0.3 is 5.97 Å². The number of rotatable bonds is 8. The molecule has 0 saturated carbocycles. The van der Waals surface area contributed by atoms with Gasteiger partial charge in [0.05, 0.1) is 20.0 Å². The molecule has 0 N–H and O–H groups in total. The van der Waals surface area contributed by atoms with Crippen LogP contribution in [0.3, 0.4) is 0 Å². The molecule has 0 fully saturated rings. The number of carbonyl (C=O) groups is 1. The molecule has 0 aliphatic carbocycles. The van der Waals surface area contributed by atoms with Crippen LogP contribution in [0.15, 0.2) is 29.4 Å². The van der Waals surface area contributed by atoms with E-state index < -0.39 is 0 Å². The van der Waals surface area contributed by atoms with Crippen LogP contribution >= 0.6 is 11.8 Å². The van der Waals surface area contributed by atoms with E-state index in [-0.39, 0.29) is 17.8 Å². The van der Waals surface area contributed by atoms with E-state index in [1.165, 1.54) is 18.9 Å². The number of ether oxygens (including phenoxy) is 3. The number of benzene rings is 1. The van der Waals surface area contributed by atoms with Crippen molar-refractivity contribution in [3.05, 3.63) is 30.1 Å². The highest BCUT2D eigenvalue weighted by atomic mass is 32.2. The zero-order valence-corrected chi connectivity index (χ0v) is 15.0. The summed E-state index contributed by atoms with van der Waals surface area (Å²) in [5.74, 6) is 2.10. The van der Waals surface area contributed by atoms with E-state index in [0.717, 1.165) is 11.5 Å². The SMILES string of the molecule is CCn1c(SCC(=O)OC)nnc1[C@@H](C)Oc1ccc(OC)cc1. The highest BCUT2D eigenvalue weighted by molar-refractivity contribution is 7.99. The monoisotopic (exact) mass is 351 g/mol. The largest absolute Gasteiger partial charge is 0.497 e. The van der Waals surface area contributed by atoms with Gasteiger partial charge in [-0.3, -0.25) is 4.79 Å². The van der Waals surface area contributed by atoms with E-state index in [2.05, 4.69) is 14.9 Å². The number of esters is 1. The van der Waals surface area contributed by atoms with Gasteiger partial charge in [0.2, 0.25) is 0 Å². The third-order valence-corrected chi connectivity index (χ3v) is 4.28. The Morgan fingerprint density at radius 2 is 1.88 bits per heavy atom. The summed E-state index contributed by atoms with van der Waals surface area (Å²) in [6, 6.07) is 7.36. The molecule has 0 radical (unpaired) electrons. The van der Waals surface area contributed by atoms with Crippen LogP contribution in [0.5, 0.6) is 11.5 Å². The molecule has 2 rings (SSSR count). The Morgan fingerprint density at radius 3 is 2.46 bits per heavy atom. The van der Waals surface area contributed by atoms with Crippen molar-refractivity contribution in [2.24, 2.45) is 0 Å². The van der Waals surface area contributed by atoms with Crippen molar-refractivity contribution in [3.8, 4) is 11.5 Å². The van der Waals surface area contributed by atoms with Gasteiger partial charge in [0.1, 0.15) is 11.5 Å². The van der Waals surface area contributed by atoms with Gasteiger partial charge in [0, 0.05) is 6.54 Å². The molecule has 1 aromatic carbocycles. The standard InChI is InChI=1S/C16H21N3O4S/c1-5-19-15(17-18-16(19)24-10-14(20)22-4)11(2)23-13-8-6-12(21-3)7-9-13/h6-9,11H,5,10H2,1-4H3/t11-/m1/s1. The fraction of sp³-hybridized carbons (Fsp3) is 0.438. The topological polar surface area (TPSA) is 75.5 Å². The first kappa shape index (κ1) is 18.1. The maximum atomic E-state index is 11.3. The van der Waals surface area contributed by atoms with E-state index in [1.807, 2.05) is 42.7 Å². The molecular formula is C16H21N3O4S. The second-order valence-electron chi connectivity index (χ2n) is 4.89. The highest BCUT2D eigenvalue weighted by Gasteiger charge is 2.19. The minimum Gasteiger partial charge on any atom is -0.497 e. The summed E-state index contributed by atoms with van der Waals surface area (Å²) in [6.07, 6.45) is -0.279. The van der Waals surface area contributed by atoms with Crippen molar-refractivity contribution in [3.63, 3.8) is 0 Å². The van der Waals surface area contributed by atoms with Crippen LogP contribution in [0.1, 0.15) is 25.8 Å². The predicted molar refractivity (Wildman–Crippen MR) is 90.5 cm³/mol. The molecule has 0 bridgehead atoms. The molecule has 0 spiro atoms. The second kappa shape index (κ2) is 8.58. The number of aromatic nitrogens is 3. The quantitative estimate of drug-likeness (QED) is 0.534. The van der Waals surface area contributed by atoms with E-state index in [1.54, 1.807) is 7.11 Å². The zero-order valence-electron chi connectivity index (χ0n) is 14.2. The van der Waals surface area contributed by atoms with Crippen LogP contribution < -0.4 is 9.47 Å². The number of thioether (sulfide) groups is 1. The maximum Gasteiger partial charge on any atom is 0.316 e. The zero-order chi connectivity index (χ0) is 17.5. The molecule has 0 aliphatic heterocycles. The van der Waals surface area contributed by atoms with Gasteiger partial charge in [-0.05, 0) is 38.1 Å². The lowest BCUT2D eigenvalue weighted by Gasteiger charge is -2.15. The van der Waals surface area contributed by atoms with Gasteiger partial charge in [0.25, 0.3) is 0 Å². The molecular weight excluding hydrogens is 330 g/mol. The first-order valence-electron chi connectivity index (χ1n) is 7.52. The van der Waals surface area contributed by atoms with Crippen molar-refractivity contribution in [2.45, 2.75) is 31.7 Å². The van der Waals surface area contributed by atoms with Gasteiger partial charge in [-0.15, -0.1) is 10.2 Å². The molecule has 0 aliphatic rings. The normalized spacial score (nSPS) is 11.8. The van der Waals surface area contributed by atoms with Crippen molar-refractivity contribution in [2.75, 3.05) is 20.0 Å². The van der Waals surface area contributed by atoms with Crippen molar-refractivity contribution < 1.29 is 19.0 Å². The number of hydrogen-bond acceptors (Lipinski definition) is 7. The van der Waals surface area contributed by atoms with Crippen molar-refractivity contribution in [1.29, 1.82) is 0 Å². The van der Waals surface area contributed by atoms with Gasteiger partial charge in [0.15, 0.2) is 17.1 Å². The Hall–Kier alpha value is -2.22. The summed E-state index contributed by atoms with van der Waals surface area (Å²) in [6.45, 7) is 4.59. The summed E-state index contributed by atoms with van der Waals surface area (Å²) in [5.41, 5.74) is 0. The van der Waals surface area contributed by atoms with Gasteiger partial charge < -0.3 is 18.8 Å². The Morgan fingerprint density at radius 1 is 1.21 bits per heavy atom. The first-order valence-corrected chi connectivity index (χ1v) is 8.51. The van der Waals surface area contributed by atoms with E-state index in [9.17, 15) is 4.79 Å². The third kappa shape index (κ3) is 4.41. The number of nitrogens with zero attached hydrogens (tertiary/aromatic N) is 3. The lowest BCUT2D eigenvalue weighted by atomic mass is 10.3. The van der Waals surface area contributed by atoms with Crippen LogP contribution in [0.4, 0.5) is 0 Å². The minimum atomic E-state index is -0.297. The summed E-state index contributed by atoms with van der Waals surface area (Å²) < 4.78 is 17.6. The molecule has 1 aromatic heterocycles. The van der Waals surface area contributed by atoms with Crippen molar-refractivity contribution in [1.82, 2.24) is 14.8 Å². The van der Waals surface area contributed by atoms with E-state index in [0.29, 0.717) is 17.5 Å². The molecule has 2 aromatic rings. The maximum absolute atomic E-state index is 11.3. The lowest BCUT2D eigenvalue weighted by molar-refractivity contribution is -0.137. The number of carbonyl (C=O) groups excluding carboxylic acids is 1. The van der Waals surface area contributed by atoms with Crippen molar-refractivity contribution >= 4 is 17.7 Å². The summed E-state index contributed by atoms with van der Waals surface area (Å²) in [5, 5.41) is 9.03. The molecule has 0 amide bonds. The summed E-state index contributed by atoms with van der Waals surface area (Å²) in [4.78, 5) is 11.3. The average Bonchev–Trinajstić information content (AvgIpc) is 3.03. The molecule has 0 unspecified atom stereocenters. The van der Waals surface area contributed by atoms with Crippen LogP contribution in [0.25, 0.3) is 0 Å². The summed E-state index contributed by atoms with van der Waals surface area (Å²) >= 11 is 1.30. The molecule has 0 saturated heterocycles. The molecule has 130 valence electrons. The second-order valence-corrected chi connectivity index (χ2v) is 5.83. The Balaban J connectivity index is 2.09. The van der Waals surface area contributed by atoms with Gasteiger partial charge in [-0.1, -0.05) is 11.8 Å².